The van der Waals surface area contributed by atoms with Gasteiger partial charge in [-0.3, -0.25) is 0 Å². The number of hydrogen-bond donors (Lipinski definition) is 1. The second-order valence-electron chi connectivity index (χ2n) is 4.54. The Morgan fingerprint density at radius 2 is 2.06 bits per heavy atom. The number of nitrogens with zero attached hydrogens (tertiary/aromatic N) is 1. The summed E-state index contributed by atoms with van der Waals surface area (Å²) in [6, 6.07) is 2.07. The summed E-state index contributed by atoms with van der Waals surface area (Å²) >= 11 is 9.61. The lowest BCUT2D eigenvalue weighted by molar-refractivity contribution is 0.326. The molecule has 1 heterocycles. The zero-order chi connectivity index (χ0) is 12.9. The van der Waals surface area contributed by atoms with E-state index in [4.69, 9.17) is 11.6 Å². The van der Waals surface area contributed by atoms with Crippen LogP contribution in [0.15, 0.2) is 16.7 Å². The van der Waals surface area contributed by atoms with Crippen LogP contribution in [0, 0.1) is 12.3 Å². The molecule has 0 bridgehead atoms. The minimum Gasteiger partial charge on any atom is -0.369 e. The van der Waals surface area contributed by atoms with Crippen molar-refractivity contribution >= 4 is 33.3 Å². The van der Waals surface area contributed by atoms with Crippen molar-refractivity contribution in [3.05, 3.63) is 22.3 Å². The summed E-state index contributed by atoms with van der Waals surface area (Å²) in [6.07, 6.45) is 4.01. The van der Waals surface area contributed by atoms with Gasteiger partial charge in [0.15, 0.2) is 0 Å². The molecule has 96 valence electrons. The number of alkyl halides is 1. The summed E-state index contributed by atoms with van der Waals surface area (Å²) in [5.41, 5.74) is 1.31. The molecule has 0 aliphatic heterocycles. The van der Waals surface area contributed by atoms with Crippen LogP contribution in [0.3, 0.4) is 0 Å². The van der Waals surface area contributed by atoms with Crippen molar-refractivity contribution < 1.29 is 0 Å². The third kappa shape index (κ3) is 3.85. The SMILES string of the molecule is CCC(CC)(CCl)CNc1ncc(C)cc1Br. The predicted molar refractivity (Wildman–Crippen MR) is 78.9 cm³/mol. The van der Waals surface area contributed by atoms with Gasteiger partial charge in [0.05, 0.1) is 4.47 Å². The Labute approximate surface area is 117 Å². The minimum atomic E-state index is 0.160. The molecule has 4 heteroatoms. The van der Waals surface area contributed by atoms with Crippen LogP contribution in [-0.4, -0.2) is 17.4 Å². The number of rotatable bonds is 6. The summed E-state index contributed by atoms with van der Waals surface area (Å²) in [4.78, 5) is 4.38. The number of aromatic nitrogens is 1. The Morgan fingerprint density at radius 3 is 2.53 bits per heavy atom. The van der Waals surface area contributed by atoms with Crippen molar-refractivity contribution in [3.63, 3.8) is 0 Å². The molecule has 0 aromatic carbocycles. The maximum Gasteiger partial charge on any atom is 0.140 e. The molecule has 0 unspecified atom stereocenters. The summed E-state index contributed by atoms with van der Waals surface area (Å²) in [5.74, 6) is 1.57. The van der Waals surface area contributed by atoms with Crippen LogP contribution < -0.4 is 5.32 Å². The largest absolute Gasteiger partial charge is 0.369 e. The molecule has 0 aliphatic carbocycles. The van der Waals surface area contributed by atoms with Crippen LogP contribution in [-0.2, 0) is 0 Å². The van der Waals surface area contributed by atoms with Gasteiger partial charge in [-0.15, -0.1) is 11.6 Å². The second-order valence-corrected chi connectivity index (χ2v) is 5.66. The van der Waals surface area contributed by atoms with Gasteiger partial charge in [0.2, 0.25) is 0 Å². The van der Waals surface area contributed by atoms with E-state index in [9.17, 15) is 0 Å². The topological polar surface area (TPSA) is 24.9 Å². The van der Waals surface area contributed by atoms with E-state index in [1.54, 1.807) is 0 Å². The van der Waals surface area contributed by atoms with Gasteiger partial charge < -0.3 is 5.32 Å². The molecule has 2 nitrogen and oxygen atoms in total. The van der Waals surface area contributed by atoms with Crippen LogP contribution >= 0.6 is 27.5 Å². The van der Waals surface area contributed by atoms with Crippen LogP contribution in [0.4, 0.5) is 5.82 Å². The van der Waals surface area contributed by atoms with Gasteiger partial charge in [0.25, 0.3) is 0 Å². The highest BCUT2D eigenvalue weighted by atomic mass is 79.9. The monoisotopic (exact) mass is 318 g/mol. The first kappa shape index (κ1) is 14.8. The smallest absolute Gasteiger partial charge is 0.140 e. The number of pyridine rings is 1. The first-order chi connectivity index (χ1) is 8.06. The van der Waals surface area contributed by atoms with Gasteiger partial charge in [-0.2, -0.15) is 0 Å². The van der Waals surface area contributed by atoms with Crippen molar-refractivity contribution in [2.24, 2.45) is 5.41 Å². The first-order valence-corrected chi connectivity index (χ1v) is 7.31. The van der Waals surface area contributed by atoms with Crippen LogP contribution in [0.5, 0.6) is 0 Å². The second kappa shape index (κ2) is 6.60. The van der Waals surface area contributed by atoms with Crippen molar-refractivity contribution in [1.29, 1.82) is 0 Å². The minimum absolute atomic E-state index is 0.160. The molecular formula is C13H20BrClN2. The molecule has 0 saturated carbocycles. The lowest BCUT2D eigenvalue weighted by Crippen LogP contribution is -2.30. The van der Waals surface area contributed by atoms with E-state index in [2.05, 4.69) is 46.1 Å². The molecule has 1 aromatic rings. The molecule has 0 fully saturated rings. The molecule has 1 rings (SSSR count). The zero-order valence-electron chi connectivity index (χ0n) is 10.7. The highest BCUT2D eigenvalue weighted by molar-refractivity contribution is 9.10. The summed E-state index contributed by atoms with van der Waals surface area (Å²) in [7, 11) is 0. The molecule has 1 aromatic heterocycles. The first-order valence-electron chi connectivity index (χ1n) is 5.99. The Morgan fingerprint density at radius 1 is 1.41 bits per heavy atom. The average Bonchev–Trinajstić information content (AvgIpc) is 2.33. The van der Waals surface area contributed by atoms with Gasteiger partial charge in [-0.25, -0.2) is 4.98 Å². The van der Waals surface area contributed by atoms with Crippen LogP contribution in [0.25, 0.3) is 0 Å². The van der Waals surface area contributed by atoms with Crippen molar-refractivity contribution in [2.75, 3.05) is 17.7 Å². The number of hydrogen-bond acceptors (Lipinski definition) is 2. The summed E-state index contributed by atoms with van der Waals surface area (Å²) < 4.78 is 1.01. The fourth-order valence-electron chi connectivity index (χ4n) is 1.67. The maximum absolute atomic E-state index is 6.08. The Kier molecular flexibility index (Phi) is 5.74. The highest BCUT2D eigenvalue weighted by Gasteiger charge is 2.25. The molecule has 0 radical (unpaired) electrons. The third-order valence-electron chi connectivity index (χ3n) is 3.39. The molecule has 0 aliphatic rings. The van der Waals surface area contributed by atoms with E-state index in [1.165, 1.54) is 0 Å². The van der Waals surface area contributed by atoms with E-state index in [0.717, 1.165) is 35.2 Å². The van der Waals surface area contributed by atoms with Gasteiger partial charge in [0, 0.05) is 24.0 Å². The van der Waals surface area contributed by atoms with E-state index in [-0.39, 0.29) is 5.41 Å². The molecule has 0 amide bonds. The molecular weight excluding hydrogens is 300 g/mol. The molecule has 17 heavy (non-hydrogen) atoms. The number of aryl methyl sites for hydroxylation is 1. The quantitative estimate of drug-likeness (QED) is 0.775. The summed E-state index contributed by atoms with van der Waals surface area (Å²) in [6.45, 7) is 7.26. The van der Waals surface area contributed by atoms with Crippen molar-refractivity contribution in [1.82, 2.24) is 4.98 Å². The maximum atomic E-state index is 6.08. The lowest BCUT2D eigenvalue weighted by Gasteiger charge is -2.29. The molecule has 0 spiro atoms. The molecule has 0 saturated heterocycles. The zero-order valence-corrected chi connectivity index (χ0v) is 13.0. The third-order valence-corrected chi connectivity index (χ3v) is 4.56. The fourth-order valence-corrected chi connectivity index (χ4v) is 2.75. The summed E-state index contributed by atoms with van der Waals surface area (Å²) in [5, 5.41) is 3.39. The fraction of sp³-hybridized carbons (Fsp3) is 0.615. The Hall–Kier alpha value is -0.280. The van der Waals surface area contributed by atoms with Crippen molar-refractivity contribution in [3.8, 4) is 0 Å². The van der Waals surface area contributed by atoms with Gasteiger partial charge >= 0.3 is 0 Å². The average molecular weight is 320 g/mol. The number of halogens is 2. The van der Waals surface area contributed by atoms with E-state index >= 15 is 0 Å². The Balaban J connectivity index is 2.72. The predicted octanol–water partition coefficient (Wildman–Crippen LogP) is 4.61. The Bertz CT molecular complexity index is 356. The van der Waals surface area contributed by atoms with Gasteiger partial charge in [-0.1, -0.05) is 13.8 Å². The van der Waals surface area contributed by atoms with Gasteiger partial charge in [-0.05, 0) is 47.3 Å². The van der Waals surface area contributed by atoms with Gasteiger partial charge in [0.1, 0.15) is 5.82 Å². The van der Waals surface area contributed by atoms with Crippen molar-refractivity contribution in [2.45, 2.75) is 33.6 Å². The number of anilines is 1. The molecule has 1 N–H and O–H groups in total. The highest BCUT2D eigenvalue weighted by Crippen LogP contribution is 2.29. The normalized spacial score (nSPS) is 11.6. The standard InChI is InChI=1S/C13H20BrClN2/c1-4-13(5-2,8-15)9-17-12-11(14)6-10(3)7-16-12/h6-7H,4-5,8-9H2,1-3H3,(H,16,17). The van der Waals surface area contributed by atoms with E-state index in [0.29, 0.717) is 5.88 Å². The van der Waals surface area contributed by atoms with E-state index < -0.39 is 0 Å². The molecule has 0 atom stereocenters. The number of nitrogens with one attached hydrogen (secondary N) is 1. The lowest BCUT2D eigenvalue weighted by atomic mass is 9.84. The van der Waals surface area contributed by atoms with Crippen LogP contribution in [0.1, 0.15) is 32.3 Å². The van der Waals surface area contributed by atoms with E-state index in [1.807, 2.05) is 13.1 Å². The van der Waals surface area contributed by atoms with Crippen LogP contribution in [0.2, 0.25) is 0 Å².